The molecule has 0 saturated carbocycles. The molecule has 0 spiro atoms. The summed E-state index contributed by atoms with van der Waals surface area (Å²) in [6.07, 6.45) is 7.48. The number of halogens is 1. The molecule has 0 bridgehead atoms. The Morgan fingerprint density at radius 1 is 1.44 bits per heavy atom. The summed E-state index contributed by atoms with van der Waals surface area (Å²) in [4.78, 5) is 12.0. The maximum absolute atomic E-state index is 12.0. The average Bonchev–Trinajstić information content (AvgIpc) is 2.47. The molecule has 84 valence electrons. The third kappa shape index (κ3) is 1.36. The molecule has 2 unspecified atom stereocenters. The summed E-state index contributed by atoms with van der Waals surface area (Å²) in [6, 6.07) is 0. The Balaban J connectivity index is 2.19. The average molecular weight is 236 g/mol. The SMILES string of the molecule is CC1CC2CCC=C3C=C(Cl)NC(=O)C1=C32. The van der Waals surface area contributed by atoms with Gasteiger partial charge in [-0.25, -0.2) is 0 Å². The Hall–Kier alpha value is -1.02. The van der Waals surface area contributed by atoms with Gasteiger partial charge in [-0.2, -0.15) is 0 Å². The summed E-state index contributed by atoms with van der Waals surface area (Å²) in [7, 11) is 0. The van der Waals surface area contributed by atoms with Gasteiger partial charge in [0.1, 0.15) is 5.16 Å². The molecule has 0 aromatic rings. The highest BCUT2D eigenvalue weighted by atomic mass is 35.5. The Bertz CT molecular complexity index is 459. The van der Waals surface area contributed by atoms with Gasteiger partial charge in [-0.1, -0.05) is 24.6 Å². The van der Waals surface area contributed by atoms with Gasteiger partial charge in [0.05, 0.1) is 0 Å². The minimum atomic E-state index is -0.00319. The van der Waals surface area contributed by atoms with Gasteiger partial charge in [-0.3, -0.25) is 4.79 Å². The first-order valence-electron chi connectivity index (χ1n) is 5.80. The monoisotopic (exact) mass is 235 g/mol. The van der Waals surface area contributed by atoms with E-state index in [1.807, 2.05) is 6.08 Å². The molecule has 2 atom stereocenters. The maximum Gasteiger partial charge on any atom is 0.252 e. The van der Waals surface area contributed by atoms with Crippen molar-refractivity contribution in [3.8, 4) is 0 Å². The van der Waals surface area contributed by atoms with Gasteiger partial charge >= 0.3 is 0 Å². The van der Waals surface area contributed by atoms with E-state index in [-0.39, 0.29) is 5.91 Å². The molecule has 0 aromatic heterocycles. The van der Waals surface area contributed by atoms with Gasteiger partial charge < -0.3 is 5.32 Å². The molecule has 16 heavy (non-hydrogen) atoms. The summed E-state index contributed by atoms with van der Waals surface area (Å²) < 4.78 is 0. The standard InChI is InChI=1S/C13H14ClNO/c1-7-5-8-3-2-4-9-6-10(14)15-13(16)11(7)12(8)9/h4,6-8H,2-3,5H2,1H3,(H,15,16). The van der Waals surface area contributed by atoms with Gasteiger partial charge in [0.2, 0.25) is 0 Å². The van der Waals surface area contributed by atoms with Gasteiger partial charge in [0.25, 0.3) is 5.91 Å². The van der Waals surface area contributed by atoms with Crippen LogP contribution >= 0.6 is 11.6 Å². The number of amides is 1. The summed E-state index contributed by atoms with van der Waals surface area (Å²) in [6.45, 7) is 2.14. The number of hydrogen-bond donors (Lipinski definition) is 1. The fraction of sp³-hybridized carbons (Fsp3) is 0.462. The number of allylic oxidation sites excluding steroid dienone is 4. The molecule has 1 heterocycles. The predicted molar refractivity (Wildman–Crippen MR) is 63.7 cm³/mol. The second-order valence-electron chi connectivity index (χ2n) is 4.84. The largest absolute Gasteiger partial charge is 0.313 e. The van der Waals surface area contributed by atoms with Crippen molar-refractivity contribution in [1.82, 2.24) is 5.32 Å². The molecule has 1 amide bonds. The summed E-state index contributed by atoms with van der Waals surface area (Å²) in [5.74, 6) is 0.920. The first-order chi connectivity index (χ1) is 7.66. The van der Waals surface area contributed by atoms with Crippen molar-refractivity contribution in [3.63, 3.8) is 0 Å². The lowest BCUT2D eigenvalue weighted by atomic mass is 9.84. The second kappa shape index (κ2) is 3.49. The molecule has 3 rings (SSSR count). The van der Waals surface area contributed by atoms with Gasteiger partial charge in [0, 0.05) is 5.57 Å². The van der Waals surface area contributed by atoms with Crippen LogP contribution in [0.5, 0.6) is 0 Å². The van der Waals surface area contributed by atoms with Gasteiger partial charge in [-0.15, -0.1) is 0 Å². The van der Waals surface area contributed by atoms with Crippen LogP contribution in [0.2, 0.25) is 0 Å². The van der Waals surface area contributed by atoms with Crippen LogP contribution in [0.4, 0.5) is 0 Å². The Morgan fingerprint density at radius 2 is 2.25 bits per heavy atom. The van der Waals surface area contributed by atoms with E-state index < -0.39 is 0 Å². The first-order valence-corrected chi connectivity index (χ1v) is 6.17. The number of hydrogen-bond acceptors (Lipinski definition) is 1. The van der Waals surface area contributed by atoms with E-state index >= 15 is 0 Å². The third-order valence-corrected chi connectivity index (χ3v) is 3.98. The van der Waals surface area contributed by atoms with E-state index in [1.54, 1.807) is 0 Å². The van der Waals surface area contributed by atoms with Crippen molar-refractivity contribution < 1.29 is 4.79 Å². The molecule has 0 saturated heterocycles. The zero-order chi connectivity index (χ0) is 11.3. The molecule has 3 heteroatoms. The fourth-order valence-electron chi connectivity index (χ4n) is 3.18. The van der Waals surface area contributed by atoms with E-state index in [9.17, 15) is 4.79 Å². The smallest absolute Gasteiger partial charge is 0.252 e. The van der Waals surface area contributed by atoms with E-state index in [1.165, 1.54) is 17.6 Å². The molecular formula is C13H14ClNO. The lowest BCUT2D eigenvalue weighted by Gasteiger charge is -2.20. The minimum absolute atomic E-state index is 0.00319. The number of carbonyl (C=O) groups excluding carboxylic acids is 1. The van der Waals surface area contributed by atoms with Crippen molar-refractivity contribution in [2.75, 3.05) is 0 Å². The van der Waals surface area contributed by atoms with E-state index in [4.69, 9.17) is 11.6 Å². The molecular weight excluding hydrogens is 222 g/mol. The molecule has 2 nitrogen and oxygen atoms in total. The molecule has 3 aliphatic rings. The predicted octanol–water partition coefficient (Wildman–Crippen LogP) is 2.87. The number of nitrogens with one attached hydrogen (secondary N) is 1. The van der Waals surface area contributed by atoms with Gasteiger partial charge in [-0.05, 0) is 48.3 Å². The normalized spacial score (nSPS) is 32.8. The van der Waals surface area contributed by atoms with Crippen LogP contribution in [0.3, 0.4) is 0 Å². The summed E-state index contributed by atoms with van der Waals surface area (Å²) in [5.41, 5.74) is 3.38. The molecule has 1 N–H and O–H groups in total. The highest BCUT2D eigenvalue weighted by molar-refractivity contribution is 6.31. The zero-order valence-corrected chi connectivity index (χ0v) is 9.97. The Morgan fingerprint density at radius 3 is 3.06 bits per heavy atom. The molecule has 2 aliphatic carbocycles. The van der Waals surface area contributed by atoms with Crippen LogP contribution in [0, 0.1) is 11.8 Å². The van der Waals surface area contributed by atoms with Crippen LogP contribution in [-0.4, -0.2) is 5.91 Å². The third-order valence-electron chi connectivity index (χ3n) is 3.78. The van der Waals surface area contributed by atoms with Crippen molar-refractivity contribution in [2.45, 2.75) is 26.2 Å². The molecule has 0 radical (unpaired) electrons. The number of rotatable bonds is 0. The van der Waals surface area contributed by atoms with Crippen LogP contribution in [-0.2, 0) is 4.79 Å². The second-order valence-corrected chi connectivity index (χ2v) is 5.25. The van der Waals surface area contributed by atoms with Gasteiger partial charge in [0.15, 0.2) is 0 Å². The van der Waals surface area contributed by atoms with Crippen molar-refractivity contribution in [3.05, 3.63) is 34.0 Å². The Kier molecular flexibility index (Phi) is 2.21. The van der Waals surface area contributed by atoms with E-state index in [2.05, 4.69) is 18.3 Å². The van der Waals surface area contributed by atoms with Crippen molar-refractivity contribution in [2.24, 2.45) is 11.8 Å². The first kappa shape index (κ1) is 10.2. The number of carbonyl (C=O) groups is 1. The van der Waals surface area contributed by atoms with Crippen LogP contribution in [0.25, 0.3) is 0 Å². The zero-order valence-electron chi connectivity index (χ0n) is 9.22. The van der Waals surface area contributed by atoms with Crippen molar-refractivity contribution >= 4 is 17.5 Å². The lowest BCUT2D eigenvalue weighted by Crippen LogP contribution is -2.23. The lowest BCUT2D eigenvalue weighted by molar-refractivity contribution is -0.117. The van der Waals surface area contributed by atoms with E-state index in [0.717, 1.165) is 18.4 Å². The fourth-order valence-corrected chi connectivity index (χ4v) is 3.39. The summed E-state index contributed by atoms with van der Waals surface area (Å²) >= 11 is 5.98. The molecule has 0 fully saturated rings. The molecule has 0 aromatic carbocycles. The van der Waals surface area contributed by atoms with Crippen molar-refractivity contribution in [1.29, 1.82) is 0 Å². The Labute approximate surface area is 100 Å². The van der Waals surface area contributed by atoms with Crippen LogP contribution < -0.4 is 5.32 Å². The molecule has 1 aliphatic heterocycles. The van der Waals surface area contributed by atoms with Crippen LogP contribution in [0.1, 0.15) is 26.2 Å². The highest BCUT2D eigenvalue weighted by Crippen LogP contribution is 2.46. The highest BCUT2D eigenvalue weighted by Gasteiger charge is 2.38. The van der Waals surface area contributed by atoms with E-state index in [0.29, 0.717) is 17.0 Å². The van der Waals surface area contributed by atoms with Crippen LogP contribution in [0.15, 0.2) is 34.0 Å². The summed E-state index contributed by atoms with van der Waals surface area (Å²) in [5, 5.41) is 3.19. The quantitative estimate of drug-likeness (QED) is 0.643. The minimum Gasteiger partial charge on any atom is -0.313 e. The maximum atomic E-state index is 12.0. The topological polar surface area (TPSA) is 29.1 Å².